The molecule has 2 N–H and O–H groups in total. The maximum Gasteiger partial charge on any atom is 0.316 e. The van der Waals surface area contributed by atoms with Crippen LogP contribution < -0.4 is 10.6 Å². The van der Waals surface area contributed by atoms with Crippen molar-refractivity contribution in [2.45, 2.75) is 39.4 Å². The predicted molar refractivity (Wildman–Crippen MR) is 70.4 cm³/mol. The maximum atomic E-state index is 5.48. The van der Waals surface area contributed by atoms with Crippen LogP contribution in [0.3, 0.4) is 0 Å². The Balaban J connectivity index is 1.90. The Morgan fingerprint density at radius 3 is 2.83 bits per heavy atom. The third kappa shape index (κ3) is 3.51. The molecule has 7 heteroatoms. The molecule has 98 valence electrons. The fourth-order valence-electron chi connectivity index (χ4n) is 1.37. The summed E-state index contributed by atoms with van der Waals surface area (Å²) < 4.78 is 5.48. The topological polar surface area (TPSA) is 75.9 Å². The molecule has 2 rings (SSSR count). The molecule has 0 bridgehead atoms. The summed E-state index contributed by atoms with van der Waals surface area (Å²) >= 11 is 1.60. The summed E-state index contributed by atoms with van der Waals surface area (Å²) in [7, 11) is 0. The molecule has 6 nitrogen and oxygen atoms in total. The van der Waals surface area contributed by atoms with Crippen molar-refractivity contribution < 1.29 is 4.42 Å². The van der Waals surface area contributed by atoms with Crippen LogP contribution in [0.25, 0.3) is 0 Å². The minimum absolute atomic E-state index is 0.0661. The number of anilines is 1. The van der Waals surface area contributed by atoms with E-state index >= 15 is 0 Å². The molecule has 2 aromatic heterocycles. The lowest BCUT2D eigenvalue weighted by molar-refractivity contribution is 0.456. The quantitative estimate of drug-likeness (QED) is 0.835. The Hall–Kier alpha value is -1.47. The number of thiazole rings is 1. The van der Waals surface area contributed by atoms with E-state index in [0.717, 1.165) is 5.01 Å². The third-order valence-corrected chi connectivity index (χ3v) is 3.25. The van der Waals surface area contributed by atoms with Crippen molar-refractivity contribution in [3.8, 4) is 0 Å². The number of hydrogen-bond donors (Lipinski definition) is 2. The Bertz CT molecular complexity index is 467. The lowest BCUT2D eigenvalue weighted by Crippen LogP contribution is -2.21. The molecule has 2 aromatic rings. The van der Waals surface area contributed by atoms with E-state index in [1.54, 1.807) is 17.5 Å². The maximum absolute atomic E-state index is 5.48. The summed E-state index contributed by atoms with van der Waals surface area (Å²) in [5.74, 6) is 0.581. The van der Waals surface area contributed by atoms with Crippen LogP contribution in [-0.4, -0.2) is 21.2 Å². The zero-order valence-corrected chi connectivity index (χ0v) is 11.5. The summed E-state index contributed by atoms with van der Waals surface area (Å²) in [5.41, 5.74) is 0. The summed E-state index contributed by atoms with van der Waals surface area (Å²) in [6.07, 6.45) is 1.78. The van der Waals surface area contributed by atoms with Gasteiger partial charge in [0.25, 0.3) is 0 Å². The Morgan fingerprint density at radius 2 is 2.17 bits per heavy atom. The monoisotopic (exact) mass is 267 g/mol. The van der Waals surface area contributed by atoms with E-state index in [4.69, 9.17) is 4.42 Å². The van der Waals surface area contributed by atoms with Gasteiger partial charge in [0.1, 0.15) is 5.01 Å². The van der Waals surface area contributed by atoms with Gasteiger partial charge in [0, 0.05) is 17.6 Å². The fourth-order valence-corrected chi connectivity index (χ4v) is 2.02. The van der Waals surface area contributed by atoms with Gasteiger partial charge in [0.15, 0.2) is 0 Å². The lowest BCUT2D eigenvalue weighted by atomic mass is 10.4. The normalized spacial score (nSPS) is 12.9. The van der Waals surface area contributed by atoms with Crippen molar-refractivity contribution in [2.75, 3.05) is 5.32 Å². The molecule has 18 heavy (non-hydrogen) atoms. The van der Waals surface area contributed by atoms with Gasteiger partial charge in [-0.15, -0.1) is 16.4 Å². The number of nitrogens with one attached hydrogen (secondary N) is 2. The van der Waals surface area contributed by atoms with Gasteiger partial charge in [-0.05, 0) is 6.92 Å². The highest BCUT2D eigenvalue weighted by atomic mass is 32.1. The van der Waals surface area contributed by atoms with E-state index in [0.29, 0.717) is 24.5 Å². The molecular formula is C11H17N5OS. The Labute approximate surface area is 110 Å². The first-order valence-corrected chi connectivity index (χ1v) is 6.75. The zero-order chi connectivity index (χ0) is 13.0. The highest BCUT2D eigenvalue weighted by molar-refractivity contribution is 7.09. The highest BCUT2D eigenvalue weighted by Crippen LogP contribution is 2.19. The molecule has 0 saturated heterocycles. The van der Waals surface area contributed by atoms with Crippen molar-refractivity contribution >= 4 is 17.4 Å². The van der Waals surface area contributed by atoms with Crippen LogP contribution in [0.2, 0.25) is 0 Å². The first kappa shape index (κ1) is 13.0. The van der Waals surface area contributed by atoms with Crippen LogP contribution in [0.5, 0.6) is 0 Å². The van der Waals surface area contributed by atoms with Crippen molar-refractivity contribution in [3.63, 3.8) is 0 Å². The van der Waals surface area contributed by atoms with Crippen LogP contribution in [0.4, 0.5) is 6.01 Å². The van der Waals surface area contributed by atoms with Gasteiger partial charge in [-0.1, -0.05) is 18.9 Å². The van der Waals surface area contributed by atoms with Crippen molar-refractivity contribution in [1.82, 2.24) is 20.5 Å². The van der Waals surface area contributed by atoms with Crippen molar-refractivity contribution in [3.05, 3.63) is 22.5 Å². The van der Waals surface area contributed by atoms with Crippen LogP contribution in [-0.2, 0) is 6.54 Å². The molecule has 0 amide bonds. The summed E-state index contributed by atoms with van der Waals surface area (Å²) in [6, 6.07) is 0.886. The zero-order valence-electron chi connectivity index (χ0n) is 10.7. The van der Waals surface area contributed by atoms with Gasteiger partial charge in [-0.25, -0.2) is 4.98 Å². The molecule has 2 heterocycles. The average Bonchev–Trinajstić information content (AvgIpc) is 2.97. The summed E-state index contributed by atoms with van der Waals surface area (Å²) in [6.45, 7) is 6.73. The van der Waals surface area contributed by atoms with Gasteiger partial charge in [0.05, 0.1) is 12.6 Å². The van der Waals surface area contributed by atoms with Gasteiger partial charge < -0.3 is 15.1 Å². The van der Waals surface area contributed by atoms with Crippen molar-refractivity contribution in [2.24, 2.45) is 0 Å². The summed E-state index contributed by atoms with van der Waals surface area (Å²) in [5, 5.41) is 17.2. The molecule has 0 saturated carbocycles. The predicted octanol–water partition coefficient (Wildman–Crippen LogP) is 2.20. The Morgan fingerprint density at radius 1 is 1.33 bits per heavy atom. The van der Waals surface area contributed by atoms with Crippen LogP contribution in [0.1, 0.15) is 37.7 Å². The van der Waals surface area contributed by atoms with E-state index in [1.807, 2.05) is 12.3 Å². The molecule has 0 aromatic carbocycles. The first-order valence-electron chi connectivity index (χ1n) is 5.87. The van der Waals surface area contributed by atoms with Gasteiger partial charge in [-0.2, -0.15) is 0 Å². The van der Waals surface area contributed by atoms with E-state index in [1.165, 1.54) is 0 Å². The summed E-state index contributed by atoms with van der Waals surface area (Å²) in [4.78, 5) is 4.23. The number of aromatic nitrogens is 3. The average molecular weight is 267 g/mol. The lowest BCUT2D eigenvalue weighted by Gasteiger charge is -2.07. The van der Waals surface area contributed by atoms with Gasteiger partial charge in [-0.3, -0.25) is 0 Å². The van der Waals surface area contributed by atoms with E-state index in [9.17, 15) is 0 Å². The number of nitrogens with zero attached hydrogens (tertiary/aromatic N) is 3. The minimum atomic E-state index is 0.0661. The number of rotatable bonds is 6. The van der Waals surface area contributed by atoms with Crippen LogP contribution in [0.15, 0.2) is 16.0 Å². The number of hydrogen-bond acceptors (Lipinski definition) is 7. The SMILES string of the molecule is CC(C)NCc1nnc(NC(C)c2nccs2)o1. The highest BCUT2D eigenvalue weighted by Gasteiger charge is 2.12. The molecule has 0 fully saturated rings. The molecule has 0 spiro atoms. The van der Waals surface area contributed by atoms with Crippen molar-refractivity contribution in [1.29, 1.82) is 0 Å². The van der Waals surface area contributed by atoms with Gasteiger partial charge in [0.2, 0.25) is 5.89 Å². The van der Waals surface area contributed by atoms with Gasteiger partial charge >= 0.3 is 6.01 Å². The molecule has 0 aliphatic rings. The second-order valence-corrected chi connectivity index (χ2v) is 5.20. The van der Waals surface area contributed by atoms with E-state index in [-0.39, 0.29) is 6.04 Å². The van der Waals surface area contributed by atoms with E-state index < -0.39 is 0 Å². The standard InChI is InChI=1S/C11H17N5OS/c1-7(2)13-6-9-15-16-11(17-9)14-8(3)10-12-4-5-18-10/h4-5,7-8,13H,6H2,1-3H3,(H,14,16). The molecule has 1 atom stereocenters. The smallest absolute Gasteiger partial charge is 0.316 e. The second kappa shape index (κ2) is 5.92. The molecule has 0 aliphatic heterocycles. The third-order valence-electron chi connectivity index (χ3n) is 2.29. The largest absolute Gasteiger partial charge is 0.407 e. The molecule has 0 aliphatic carbocycles. The second-order valence-electron chi connectivity index (χ2n) is 4.27. The van der Waals surface area contributed by atoms with Crippen LogP contribution >= 0.6 is 11.3 Å². The minimum Gasteiger partial charge on any atom is -0.407 e. The molecular weight excluding hydrogens is 250 g/mol. The fraction of sp³-hybridized carbons (Fsp3) is 0.545. The van der Waals surface area contributed by atoms with Crippen LogP contribution in [0, 0.1) is 0 Å². The first-order chi connectivity index (χ1) is 8.65. The van der Waals surface area contributed by atoms with E-state index in [2.05, 4.69) is 39.7 Å². The Kier molecular flexibility index (Phi) is 4.27. The molecule has 1 unspecified atom stereocenters. The molecule has 0 radical (unpaired) electrons.